The molecule has 4 rings (SSSR count). The summed E-state index contributed by atoms with van der Waals surface area (Å²) in [4.78, 5) is 12.7. The minimum absolute atomic E-state index is 0.144. The fraction of sp³-hybridized carbons (Fsp3) is 0.107. The summed E-state index contributed by atoms with van der Waals surface area (Å²) in [7, 11) is -3.80. The number of nitrogens with zero attached hydrogens (tertiary/aromatic N) is 1. The summed E-state index contributed by atoms with van der Waals surface area (Å²) in [6, 6.07) is 27.8. The van der Waals surface area contributed by atoms with Gasteiger partial charge in [0.25, 0.3) is 15.9 Å². The minimum Gasteiger partial charge on any atom is -0.322 e. The second-order valence-corrected chi connectivity index (χ2v) is 10.5. The quantitative estimate of drug-likeness (QED) is 0.308. The van der Waals surface area contributed by atoms with Gasteiger partial charge in [0.05, 0.1) is 17.1 Å². The number of sulfonamides is 1. The Kier molecular flexibility index (Phi) is 7.24. The van der Waals surface area contributed by atoms with Crippen LogP contribution in [0.15, 0.2) is 102 Å². The van der Waals surface area contributed by atoms with Gasteiger partial charge in [0.1, 0.15) is 0 Å². The van der Waals surface area contributed by atoms with Crippen molar-refractivity contribution in [3.63, 3.8) is 0 Å². The molecule has 0 aliphatic rings. The van der Waals surface area contributed by atoms with Crippen molar-refractivity contribution in [2.45, 2.75) is 25.3 Å². The molecule has 0 aliphatic heterocycles. The van der Waals surface area contributed by atoms with Crippen molar-refractivity contribution in [1.82, 2.24) is 0 Å². The summed E-state index contributed by atoms with van der Waals surface area (Å²) >= 11 is 5.89. The molecule has 0 saturated heterocycles. The predicted octanol–water partition coefficient (Wildman–Crippen LogP) is 6.60. The number of hydrogen-bond acceptors (Lipinski definition) is 3. The lowest BCUT2D eigenvalue weighted by Gasteiger charge is -2.25. The molecule has 178 valence electrons. The van der Waals surface area contributed by atoms with Crippen LogP contribution in [0.4, 0.5) is 11.4 Å². The zero-order valence-electron chi connectivity index (χ0n) is 19.4. The van der Waals surface area contributed by atoms with Crippen molar-refractivity contribution < 1.29 is 13.2 Å². The van der Waals surface area contributed by atoms with Gasteiger partial charge in [0, 0.05) is 16.3 Å². The van der Waals surface area contributed by atoms with Gasteiger partial charge in [0.15, 0.2) is 0 Å². The zero-order valence-corrected chi connectivity index (χ0v) is 21.0. The van der Waals surface area contributed by atoms with Crippen LogP contribution in [0, 0.1) is 13.8 Å². The van der Waals surface area contributed by atoms with Gasteiger partial charge in [-0.25, -0.2) is 8.42 Å². The number of halogens is 1. The summed E-state index contributed by atoms with van der Waals surface area (Å²) in [5.74, 6) is -0.252. The van der Waals surface area contributed by atoms with Crippen molar-refractivity contribution in [3.8, 4) is 0 Å². The molecular weight excluding hydrogens is 480 g/mol. The average molecular weight is 505 g/mol. The van der Waals surface area contributed by atoms with E-state index in [1.807, 2.05) is 44.2 Å². The van der Waals surface area contributed by atoms with Crippen LogP contribution in [0.5, 0.6) is 0 Å². The molecule has 0 aromatic heterocycles. The highest BCUT2D eigenvalue weighted by molar-refractivity contribution is 7.92. The lowest BCUT2D eigenvalue weighted by Crippen LogP contribution is -2.30. The summed E-state index contributed by atoms with van der Waals surface area (Å²) in [5.41, 5.74) is 4.58. The standard InChI is InChI=1S/C28H25ClN2O3S/c1-20-8-17-26(18-21(20)2)31(35(33,34)27-6-4-3-5-7-27)19-22-9-15-25(16-10-22)30-28(32)23-11-13-24(29)14-12-23/h3-18H,19H2,1-2H3,(H,30,32). The van der Waals surface area contributed by atoms with E-state index in [0.717, 1.165) is 16.7 Å². The summed E-state index contributed by atoms with van der Waals surface area (Å²) in [5, 5.41) is 3.41. The number of anilines is 2. The first-order chi connectivity index (χ1) is 16.7. The second-order valence-electron chi connectivity index (χ2n) is 8.25. The molecule has 0 bridgehead atoms. The van der Waals surface area contributed by atoms with Gasteiger partial charge in [-0.1, -0.05) is 48.0 Å². The van der Waals surface area contributed by atoms with Crippen molar-refractivity contribution in [2.24, 2.45) is 0 Å². The molecule has 0 saturated carbocycles. The zero-order chi connectivity index (χ0) is 25.0. The van der Waals surface area contributed by atoms with Crippen LogP contribution >= 0.6 is 11.6 Å². The van der Waals surface area contributed by atoms with E-state index in [1.54, 1.807) is 66.7 Å². The number of carbonyl (C=O) groups excluding carboxylic acids is 1. The molecule has 0 unspecified atom stereocenters. The number of nitrogens with one attached hydrogen (secondary N) is 1. The Morgan fingerprint density at radius 3 is 2.11 bits per heavy atom. The van der Waals surface area contributed by atoms with Crippen LogP contribution in [0.25, 0.3) is 0 Å². The Morgan fingerprint density at radius 1 is 0.829 bits per heavy atom. The van der Waals surface area contributed by atoms with E-state index in [-0.39, 0.29) is 17.3 Å². The molecule has 5 nitrogen and oxygen atoms in total. The molecule has 4 aromatic carbocycles. The maximum Gasteiger partial charge on any atom is 0.264 e. The molecule has 0 aliphatic carbocycles. The highest BCUT2D eigenvalue weighted by atomic mass is 35.5. The lowest BCUT2D eigenvalue weighted by atomic mass is 10.1. The first-order valence-electron chi connectivity index (χ1n) is 11.0. The van der Waals surface area contributed by atoms with Gasteiger partial charge in [-0.2, -0.15) is 0 Å². The number of hydrogen-bond donors (Lipinski definition) is 1. The molecular formula is C28H25ClN2O3S. The lowest BCUT2D eigenvalue weighted by molar-refractivity contribution is 0.102. The third-order valence-electron chi connectivity index (χ3n) is 5.75. The van der Waals surface area contributed by atoms with Gasteiger partial charge in [-0.05, 0) is 91.2 Å². The third-order valence-corrected chi connectivity index (χ3v) is 7.79. The Hall–Kier alpha value is -3.61. The smallest absolute Gasteiger partial charge is 0.264 e. The van der Waals surface area contributed by atoms with E-state index < -0.39 is 10.0 Å². The fourth-order valence-electron chi connectivity index (χ4n) is 3.58. The van der Waals surface area contributed by atoms with Gasteiger partial charge in [-0.15, -0.1) is 0 Å². The molecule has 35 heavy (non-hydrogen) atoms. The van der Waals surface area contributed by atoms with E-state index in [4.69, 9.17) is 11.6 Å². The molecule has 0 heterocycles. The molecule has 0 radical (unpaired) electrons. The molecule has 1 N–H and O–H groups in total. The van der Waals surface area contributed by atoms with E-state index in [1.165, 1.54) is 4.31 Å². The highest BCUT2D eigenvalue weighted by Crippen LogP contribution is 2.28. The van der Waals surface area contributed by atoms with E-state index in [2.05, 4.69) is 5.32 Å². The van der Waals surface area contributed by atoms with Crippen LogP contribution in [0.1, 0.15) is 27.0 Å². The van der Waals surface area contributed by atoms with Gasteiger partial charge >= 0.3 is 0 Å². The van der Waals surface area contributed by atoms with Crippen molar-refractivity contribution >= 4 is 38.9 Å². The molecule has 0 atom stereocenters. The predicted molar refractivity (Wildman–Crippen MR) is 142 cm³/mol. The maximum atomic E-state index is 13.6. The first-order valence-corrected chi connectivity index (χ1v) is 12.9. The third kappa shape index (κ3) is 5.73. The maximum absolute atomic E-state index is 13.6. The van der Waals surface area contributed by atoms with Gasteiger partial charge in [0.2, 0.25) is 0 Å². The monoisotopic (exact) mass is 504 g/mol. The van der Waals surface area contributed by atoms with E-state index in [0.29, 0.717) is 22.0 Å². The largest absolute Gasteiger partial charge is 0.322 e. The SMILES string of the molecule is Cc1ccc(N(Cc2ccc(NC(=O)c3ccc(Cl)cc3)cc2)S(=O)(=O)c2ccccc2)cc1C. The van der Waals surface area contributed by atoms with Gasteiger partial charge in [-0.3, -0.25) is 9.10 Å². The number of amides is 1. The second kappa shape index (κ2) is 10.3. The molecule has 0 spiro atoms. The molecule has 1 amide bonds. The van der Waals surface area contributed by atoms with Crippen LogP contribution in [-0.4, -0.2) is 14.3 Å². The van der Waals surface area contributed by atoms with Crippen LogP contribution in [-0.2, 0) is 16.6 Å². The van der Waals surface area contributed by atoms with Crippen molar-refractivity contribution in [3.05, 3.63) is 124 Å². The van der Waals surface area contributed by atoms with Crippen LogP contribution < -0.4 is 9.62 Å². The first kappa shape index (κ1) is 24.5. The van der Waals surface area contributed by atoms with Crippen molar-refractivity contribution in [1.29, 1.82) is 0 Å². The topological polar surface area (TPSA) is 66.5 Å². The molecule has 4 aromatic rings. The normalized spacial score (nSPS) is 11.2. The summed E-state index contributed by atoms with van der Waals surface area (Å²) < 4.78 is 28.6. The Labute approximate surface area is 211 Å². The Balaban J connectivity index is 1.60. The minimum atomic E-state index is -3.80. The summed E-state index contributed by atoms with van der Waals surface area (Å²) in [6.45, 7) is 4.10. The number of benzene rings is 4. The fourth-order valence-corrected chi connectivity index (χ4v) is 5.17. The Bertz CT molecular complexity index is 1440. The van der Waals surface area contributed by atoms with E-state index >= 15 is 0 Å². The number of aryl methyl sites for hydroxylation is 2. The van der Waals surface area contributed by atoms with Crippen molar-refractivity contribution in [2.75, 3.05) is 9.62 Å². The Morgan fingerprint density at radius 2 is 1.49 bits per heavy atom. The number of rotatable bonds is 7. The van der Waals surface area contributed by atoms with Gasteiger partial charge < -0.3 is 5.32 Å². The average Bonchev–Trinajstić information content (AvgIpc) is 2.86. The van der Waals surface area contributed by atoms with Crippen LogP contribution in [0.3, 0.4) is 0 Å². The number of carbonyl (C=O) groups is 1. The van der Waals surface area contributed by atoms with E-state index in [9.17, 15) is 13.2 Å². The molecule has 0 fully saturated rings. The highest BCUT2D eigenvalue weighted by Gasteiger charge is 2.25. The van der Waals surface area contributed by atoms with Crippen LogP contribution in [0.2, 0.25) is 5.02 Å². The summed E-state index contributed by atoms with van der Waals surface area (Å²) in [6.07, 6.45) is 0. The molecule has 7 heteroatoms.